The number of nitro groups is 1. The average molecular weight is 183 g/mol. The van der Waals surface area contributed by atoms with Gasteiger partial charge in [-0.05, 0) is 16.0 Å². The van der Waals surface area contributed by atoms with Gasteiger partial charge >= 0.3 is 5.82 Å². The number of pyridine rings is 1. The first-order valence-electron chi connectivity index (χ1n) is 3.62. The minimum Gasteiger partial charge on any atom is -0.394 e. The van der Waals surface area contributed by atoms with Gasteiger partial charge in [-0.15, -0.1) is 0 Å². The average Bonchev–Trinajstić information content (AvgIpc) is 2.17. The van der Waals surface area contributed by atoms with Gasteiger partial charge in [-0.3, -0.25) is 0 Å². The van der Waals surface area contributed by atoms with Crippen molar-refractivity contribution in [1.82, 2.24) is 4.98 Å². The lowest BCUT2D eigenvalue weighted by molar-refractivity contribution is -0.389. The maximum Gasteiger partial charge on any atom is 0.363 e. The summed E-state index contributed by atoms with van der Waals surface area (Å²) in [6, 6.07) is 2.20. The molecule has 0 unspecified atom stereocenters. The van der Waals surface area contributed by atoms with Crippen LogP contribution in [0.4, 0.5) is 5.82 Å². The Bertz CT molecular complexity index is 298. The van der Waals surface area contributed by atoms with Crippen molar-refractivity contribution in [3.8, 4) is 0 Å². The Kier molecular flexibility index (Phi) is 2.88. The second-order valence-electron chi connectivity index (χ2n) is 2.50. The normalized spacial score (nSPS) is 12.5. The van der Waals surface area contributed by atoms with Crippen LogP contribution in [0.3, 0.4) is 0 Å². The molecule has 1 aromatic rings. The molecule has 1 rings (SSSR count). The van der Waals surface area contributed by atoms with E-state index in [9.17, 15) is 10.1 Å². The molecule has 70 valence electrons. The molecular weight excluding hydrogens is 174 g/mol. The topological polar surface area (TPSA) is 102 Å². The lowest BCUT2D eigenvalue weighted by Crippen LogP contribution is -2.14. The first-order chi connectivity index (χ1) is 6.15. The monoisotopic (exact) mass is 183 g/mol. The van der Waals surface area contributed by atoms with Crippen LogP contribution in [-0.2, 0) is 0 Å². The summed E-state index contributed by atoms with van der Waals surface area (Å²) in [6.07, 6.45) is 1.29. The molecule has 0 aliphatic heterocycles. The number of nitrogens with two attached hydrogens (primary N) is 1. The highest BCUT2D eigenvalue weighted by molar-refractivity contribution is 5.24. The van der Waals surface area contributed by atoms with Crippen LogP contribution in [0.25, 0.3) is 0 Å². The molecule has 6 heteroatoms. The third-order valence-electron chi connectivity index (χ3n) is 1.58. The molecule has 0 fully saturated rings. The Labute approximate surface area is 74.2 Å². The Morgan fingerprint density at radius 1 is 1.69 bits per heavy atom. The molecular formula is C7H9N3O3. The third-order valence-corrected chi connectivity index (χ3v) is 1.58. The first kappa shape index (κ1) is 9.56. The number of aliphatic hydroxyl groups excluding tert-OH is 1. The maximum atomic E-state index is 10.2. The summed E-state index contributed by atoms with van der Waals surface area (Å²) >= 11 is 0. The largest absolute Gasteiger partial charge is 0.394 e. The fraction of sp³-hybridized carbons (Fsp3) is 0.286. The quantitative estimate of drug-likeness (QED) is 0.506. The Balaban J connectivity index is 2.87. The van der Waals surface area contributed by atoms with Gasteiger partial charge < -0.3 is 21.0 Å². The standard InChI is InChI=1S/C7H9N3O3/c8-6(4-11)5-1-2-7(9-3-5)10(12)13/h1-3,6,11H,4,8H2/t6-/m1/s1. The summed E-state index contributed by atoms with van der Waals surface area (Å²) in [5, 5.41) is 18.9. The van der Waals surface area contributed by atoms with E-state index in [1.165, 1.54) is 18.3 Å². The van der Waals surface area contributed by atoms with Crippen LogP contribution in [-0.4, -0.2) is 21.6 Å². The lowest BCUT2D eigenvalue weighted by Gasteiger charge is -2.04. The van der Waals surface area contributed by atoms with Crippen LogP contribution in [0, 0.1) is 10.1 Å². The Morgan fingerprint density at radius 2 is 2.38 bits per heavy atom. The van der Waals surface area contributed by atoms with Crippen LogP contribution in [0.15, 0.2) is 18.3 Å². The number of hydrogen-bond donors (Lipinski definition) is 2. The molecule has 0 spiro atoms. The molecule has 0 saturated heterocycles. The van der Waals surface area contributed by atoms with Gasteiger partial charge in [0.05, 0.1) is 12.6 Å². The summed E-state index contributed by atoms with van der Waals surface area (Å²) in [7, 11) is 0. The first-order valence-corrected chi connectivity index (χ1v) is 3.62. The number of aliphatic hydroxyl groups is 1. The zero-order valence-electron chi connectivity index (χ0n) is 6.75. The van der Waals surface area contributed by atoms with E-state index in [2.05, 4.69) is 4.98 Å². The van der Waals surface area contributed by atoms with Crippen molar-refractivity contribution in [3.63, 3.8) is 0 Å². The molecule has 0 bridgehead atoms. The van der Waals surface area contributed by atoms with Crippen molar-refractivity contribution in [2.75, 3.05) is 6.61 Å². The van der Waals surface area contributed by atoms with Crippen molar-refractivity contribution < 1.29 is 10.0 Å². The molecule has 1 heterocycles. The van der Waals surface area contributed by atoms with Gasteiger partial charge in [-0.25, -0.2) is 0 Å². The molecule has 1 aromatic heterocycles. The van der Waals surface area contributed by atoms with E-state index in [1.807, 2.05) is 0 Å². The molecule has 0 amide bonds. The fourth-order valence-electron chi connectivity index (χ4n) is 0.830. The smallest absolute Gasteiger partial charge is 0.363 e. The zero-order valence-corrected chi connectivity index (χ0v) is 6.75. The van der Waals surface area contributed by atoms with Gasteiger partial charge in [-0.1, -0.05) is 0 Å². The minimum atomic E-state index is -0.589. The second-order valence-corrected chi connectivity index (χ2v) is 2.50. The number of nitrogens with zero attached hydrogens (tertiary/aromatic N) is 2. The number of hydrogen-bond acceptors (Lipinski definition) is 5. The summed E-state index contributed by atoms with van der Waals surface area (Å²) in [5.41, 5.74) is 6.04. The highest BCUT2D eigenvalue weighted by atomic mass is 16.6. The number of rotatable bonds is 3. The highest BCUT2D eigenvalue weighted by Crippen LogP contribution is 2.12. The van der Waals surface area contributed by atoms with Crippen molar-refractivity contribution in [2.24, 2.45) is 5.73 Å². The predicted molar refractivity (Wildman–Crippen MR) is 44.9 cm³/mol. The Morgan fingerprint density at radius 3 is 2.77 bits per heavy atom. The van der Waals surface area contributed by atoms with E-state index in [0.717, 1.165) is 0 Å². The predicted octanol–water partition coefficient (Wildman–Crippen LogP) is -0.0181. The summed E-state index contributed by atoms with van der Waals surface area (Å²) < 4.78 is 0. The molecule has 0 aromatic carbocycles. The lowest BCUT2D eigenvalue weighted by atomic mass is 10.1. The minimum absolute atomic E-state index is 0.209. The molecule has 13 heavy (non-hydrogen) atoms. The van der Waals surface area contributed by atoms with Gasteiger partial charge in [-0.2, -0.15) is 0 Å². The van der Waals surface area contributed by atoms with Crippen LogP contribution in [0.1, 0.15) is 11.6 Å². The molecule has 3 N–H and O–H groups in total. The van der Waals surface area contributed by atoms with Crippen LogP contribution in [0.2, 0.25) is 0 Å². The molecule has 0 saturated carbocycles. The van der Waals surface area contributed by atoms with Crippen molar-refractivity contribution >= 4 is 5.82 Å². The van der Waals surface area contributed by atoms with Gasteiger partial charge in [0.15, 0.2) is 0 Å². The maximum absolute atomic E-state index is 10.2. The van der Waals surface area contributed by atoms with Crippen LogP contribution < -0.4 is 5.73 Å². The van der Waals surface area contributed by atoms with E-state index in [-0.39, 0.29) is 12.4 Å². The molecule has 1 atom stereocenters. The highest BCUT2D eigenvalue weighted by Gasteiger charge is 2.10. The SMILES string of the molecule is N[C@H](CO)c1ccc([N+](=O)[O-])nc1. The van der Waals surface area contributed by atoms with Crippen molar-refractivity contribution in [1.29, 1.82) is 0 Å². The Hall–Kier alpha value is -1.53. The van der Waals surface area contributed by atoms with Crippen molar-refractivity contribution in [2.45, 2.75) is 6.04 Å². The van der Waals surface area contributed by atoms with Gasteiger partial charge in [0.2, 0.25) is 0 Å². The van der Waals surface area contributed by atoms with E-state index < -0.39 is 11.0 Å². The molecule has 0 aliphatic rings. The van der Waals surface area contributed by atoms with E-state index in [4.69, 9.17) is 10.8 Å². The van der Waals surface area contributed by atoms with E-state index in [0.29, 0.717) is 5.56 Å². The summed E-state index contributed by atoms with van der Waals surface area (Å²) in [6.45, 7) is -0.209. The van der Waals surface area contributed by atoms with Crippen LogP contribution in [0.5, 0.6) is 0 Å². The molecule has 0 aliphatic carbocycles. The van der Waals surface area contributed by atoms with Crippen molar-refractivity contribution in [3.05, 3.63) is 34.0 Å². The molecule has 0 radical (unpaired) electrons. The van der Waals surface area contributed by atoms with E-state index in [1.54, 1.807) is 0 Å². The second kappa shape index (κ2) is 3.92. The number of aromatic nitrogens is 1. The summed E-state index contributed by atoms with van der Waals surface area (Å²) in [5.74, 6) is -0.228. The fourth-order valence-corrected chi connectivity index (χ4v) is 0.830. The van der Waals surface area contributed by atoms with Gasteiger partial charge in [0.25, 0.3) is 0 Å². The molecule has 6 nitrogen and oxygen atoms in total. The zero-order chi connectivity index (χ0) is 9.84. The summed E-state index contributed by atoms with van der Waals surface area (Å²) in [4.78, 5) is 13.2. The van der Waals surface area contributed by atoms with Crippen LogP contribution >= 0.6 is 0 Å². The van der Waals surface area contributed by atoms with Gasteiger partial charge in [0.1, 0.15) is 6.20 Å². The van der Waals surface area contributed by atoms with Gasteiger partial charge in [0, 0.05) is 11.6 Å². The van der Waals surface area contributed by atoms with E-state index >= 15 is 0 Å². The third kappa shape index (κ3) is 2.20.